The first kappa shape index (κ1) is 108. The van der Waals surface area contributed by atoms with Crippen LogP contribution in [0.15, 0.2) is 36.4 Å². The molecule has 0 saturated heterocycles. The third-order valence-corrected chi connectivity index (χ3v) is 0.667. The summed E-state index contributed by atoms with van der Waals surface area (Å²) < 4.78 is 0. The van der Waals surface area contributed by atoms with Gasteiger partial charge in [-0.3, -0.25) is 0 Å². The molecule has 13 radical (unpaired) electrons. The van der Waals surface area contributed by atoms with Crippen LogP contribution >= 0.6 is 0 Å². The molecule has 2 nitrogen and oxygen atoms in total. The van der Waals surface area contributed by atoms with E-state index in [1.807, 2.05) is 36.4 Å². The summed E-state index contributed by atoms with van der Waals surface area (Å²) in [4.78, 5) is 0. The average molecular weight is 1310 g/mol. The molecular weight excluding hydrogens is 1290 g/mol. The van der Waals surface area contributed by atoms with Gasteiger partial charge in [0.15, 0.2) is 0 Å². The van der Waals surface area contributed by atoms with Crippen LogP contribution in [0.5, 0.6) is 0 Å². The van der Waals surface area contributed by atoms with Crippen LogP contribution < -0.4 is 11.5 Å². The number of hydrogen-bond acceptors (Lipinski definition) is 2. The monoisotopic (exact) mass is 1310 g/mol. The molecule has 0 aliphatic carbocycles. The molecule has 0 bridgehead atoms. The summed E-state index contributed by atoms with van der Waals surface area (Å²) in [6, 6.07) is 12.0. The van der Waals surface area contributed by atoms with Gasteiger partial charge in [-0.15, -0.1) is 0 Å². The fourth-order valence-electron chi connectivity index (χ4n) is 0.385. The zero-order valence-corrected chi connectivity index (χ0v) is 52.0. The van der Waals surface area contributed by atoms with Gasteiger partial charge in [-0.1, -0.05) is 36.4 Å². The molecule has 0 saturated carbocycles. The van der Waals surface area contributed by atoms with Crippen LogP contribution in [-0.4, -0.2) is 14.1 Å². The van der Waals surface area contributed by atoms with Crippen LogP contribution in [0.2, 0.25) is 0 Å². The number of hydrogen-bond donors (Lipinski definition) is 2. The fraction of sp³-hybridized carbons (Fsp3) is 0.222. The SMILES string of the molecule is CN.CN.[CH3-].[Y].[Y].[Y].[Y].[Y].[Y].[Y].[Y].[Y].[Y].[Y].[Y].[Y].c1ccccc1. The summed E-state index contributed by atoms with van der Waals surface area (Å²) in [6.45, 7) is 0. The molecule has 0 heterocycles. The van der Waals surface area contributed by atoms with Crippen molar-refractivity contribution in [2.75, 3.05) is 14.1 Å². The summed E-state index contributed by atoms with van der Waals surface area (Å²) >= 11 is 0. The van der Waals surface area contributed by atoms with Gasteiger partial charge in [0.05, 0.1) is 0 Å². The molecule has 0 atom stereocenters. The Morgan fingerprint density at radius 1 is 0.292 bits per heavy atom. The van der Waals surface area contributed by atoms with Crippen LogP contribution in [0, 0.1) is 7.43 Å². The van der Waals surface area contributed by atoms with Crippen molar-refractivity contribution in [2.24, 2.45) is 11.5 Å². The van der Waals surface area contributed by atoms with Gasteiger partial charge in [0.25, 0.3) is 0 Å². The van der Waals surface area contributed by atoms with E-state index < -0.39 is 0 Å². The minimum absolute atomic E-state index is 0. The van der Waals surface area contributed by atoms with Gasteiger partial charge in [0.2, 0.25) is 0 Å². The Labute approximate surface area is 478 Å². The first-order chi connectivity index (χ1) is 5.00. The molecule has 0 amide bonds. The molecule has 1 aromatic rings. The molecule has 15 heteroatoms. The average Bonchev–Trinajstić information content (AvgIpc) is 2.14. The quantitative estimate of drug-likeness (QED) is 0.386. The van der Waals surface area contributed by atoms with Crippen molar-refractivity contribution in [3.63, 3.8) is 0 Å². The summed E-state index contributed by atoms with van der Waals surface area (Å²) in [5, 5.41) is 0. The molecule has 0 aromatic heterocycles. The molecule has 1 rings (SSSR count). The molecule has 24 heavy (non-hydrogen) atoms. The van der Waals surface area contributed by atoms with E-state index in [9.17, 15) is 0 Å². The molecule has 0 aliphatic heterocycles. The van der Waals surface area contributed by atoms with E-state index in [4.69, 9.17) is 0 Å². The summed E-state index contributed by atoms with van der Waals surface area (Å²) in [6.07, 6.45) is 0. The standard InChI is InChI=1S/C6H6.2CH5N.CH3.13Y/c1-2-4-6-5-3-1;2*1-2;;;;;;;;;;;;;;/h1-6H;2*2H2,1H3;1H3;;;;;;;;;;;;;/q;;;-1;;;;;;;;;;;;;. The second kappa shape index (κ2) is 121. The molecule has 0 unspecified atom stereocenters. The van der Waals surface area contributed by atoms with E-state index in [-0.39, 0.29) is 433 Å². The van der Waals surface area contributed by atoms with Gasteiger partial charge >= 0.3 is 0 Å². The van der Waals surface area contributed by atoms with Crippen molar-refractivity contribution in [2.45, 2.75) is 0 Å². The molecule has 0 fully saturated rings. The molecular formula is C9H19N2Y13-. The molecule has 0 spiro atoms. The Morgan fingerprint density at radius 2 is 0.333 bits per heavy atom. The normalized spacial score (nSPS) is 2.50. The zero-order valence-electron chi connectivity index (χ0n) is 15.1. The Bertz CT molecular complexity index is 103. The maximum atomic E-state index is 4.50. The van der Waals surface area contributed by atoms with Crippen molar-refractivity contribution < 1.29 is 425 Å². The van der Waals surface area contributed by atoms with Crippen molar-refractivity contribution in [1.29, 1.82) is 0 Å². The van der Waals surface area contributed by atoms with Gasteiger partial charge < -0.3 is 18.9 Å². The van der Waals surface area contributed by atoms with Crippen LogP contribution in [0.4, 0.5) is 0 Å². The minimum atomic E-state index is 0. The van der Waals surface area contributed by atoms with Crippen LogP contribution in [-0.2, 0) is 425 Å². The number of benzene rings is 1. The third kappa shape index (κ3) is 111. The van der Waals surface area contributed by atoms with E-state index in [0.717, 1.165) is 0 Å². The van der Waals surface area contributed by atoms with E-state index in [1.54, 1.807) is 0 Å². The Morgan fingerprint density at radius 3 is 0.375 bits per heavy atom. The first-order valence-corrected chi connectivity index (χ1v) is 3.15. The number of rotatable bonds is 0. The van der Waals surface area contributed by atoms with Gasteiger partial charge in [-0.25, -0.2) is 0 Å². The van der Waals surface area contributed by atoms with Gasteiger partial charge in [0, 0.05) is 425 Å². The summed E-state index contributed by atoms with van der Waals surface area (Å²) in [5.41, 5.74) is 9.00. The molecule has 105 valence electrons. The fourth-order valence-corrected chi connectivity index (χ4v) is 0.385. The maximum Gasteiger partial charge on any atom is 0 e. The molecule has 4 N–H and O–H groups in total. The maximum absolute atomic E-state index is 4.50. The Balaban J connectivity index is -0.00000000242. The smallest absolute Gasteiger partial charge is 0 e. The van der Waals surface area contributed by atoms with Gasteiger partial charge in [-0.05, 0) is 14.1 Å². The predicted molar refractivity (Wildman–Crippen MR) is 53.1 cm³/mol. The zero-order chi connectivity index (χ0) is 8.24. The minimum Gasteiger partial charge on any atom is -0.358 e. The third-order valence-electron chi connectivity index (χ3n) is 0.667. The van der Waals surface area contributed by atoms with Crippen molar-refractivity contribution >= 4 is 0 Å². The molecule has 1 aromatic carbocycles. The summed E-state index contributed by atoms with van der Waals surface area (Å²) in [7, 11) is 3.00. The first-order valence-electron chi connectivity index (χ1n) is 3.15. The number of nitrogens with two attached hydrogens (primary N) is 2. The predicted octanol–water partition coefficient (Wildman–Crippen LogP) is 1.25. The second-order valence-corrected chi connectivity index (χ2v) is 1.15. The van der Waals surface area contributed by atoms with E-state index >= 15 is 0 Å². The molecule has 0 aliphatic rings. The Kier molecular flexibility index (Phi) is 545. The van der Waals surface area contributed by atoms with E-state index in [2.05, 4.69) is 11.5 Å². The topological polar surface area (TPSA) is 52.0 Å². The van der Waals surface area contributed by atoms with E-state index in [1.165, 1.54) is 14.1 Å². The van der Waals surface area contributed by atoms with Crippen LogP contribution in [0.3, 0.4) is 0 Å². The van der Waals surface area contributed by atoms with Crippen molar-refractivity contribution in [3.05, 3.63) is 43.8 Å². The van der Waals surface area contributed by atoms with Crippen molar-refractivity contribution in [1.82, 2.24) is 0 Å². The second-order valence-electron chi connectivity index (χ2n) is 1.15. The van der Waals surface area contributed by atoms with Gasteiger partial charge in [0.1, 0.15) is 0 Å². The largest absolute Gasteiger partial charge is 0.358 e. The Hall–Kier alpha value is 13.5. The van der Waals surface area contributed by atoms with Gasteiger partial charge in [-0.2, -0.15) is 0 Å². The van der Waals surface area contributed by atoms with Crippen LogP contribution in [0.25, 0.3) is 0 Å². The summed E-state index contributed by atoms with van der Waals surface area (Å²) in [5.74, 6) is 0. The van der Waals surface area contributed by atoms with E-state index in [0.29, 0.717) is 0 Å². The van der Waals surface area contributed by atoms with Crippen molar-refractivity contribution in [3.8, 4) is 0 Å². The van der Waals surface area contributed by atoms with Crippen LogP contribution in [0.1, 0.15) is 0 Å².